The number of aliphatic hydroxyl groups is 1. The van der Waals surface area contributed by atoms with Crippen molar-refractivity contribution in [3.63, 3.8) is 0 Å². The monoisotopic (exact) mass is 281 g/mol. The third kappa shape index (κ3) is 3.02. The van der Waals surface area contributed by atoms with Gasteiger partial charge in [-0.2, -0.15) is 13.2 Å². The molecule has 0 bridgehead atoms. The Morgan fingerprint density at radius 3 is 2.56 bits per heavy atom. The maximum absolute atomic E-state index is 12.6. The molecular formula is C10H11ClF3N3O. The summed E-state index contributed by atoms with van der Waals surface area (Å²) >= 11 is 5.51. The lowest BCUT2D eigenvalue weighted by molar-refractivity contribution is -0.141. The van der Waals surface area contributed by atoms with Crippen molar-refractivity contribution in [2.75, 3.05) is 18.1 Å². The Hall–Kier alpha value is -1.08. The van der Waals surface area contributed by atoms with Gasteiger partial charge in [0.05, 0.1) is 6.61 Å². The molecule has 2 rings (SSSR count). The molecule has 0 saturated heterocycles. The minimum Gasteiger partial charge on any atom is -0.395 e. The fourth-order valence-electron chi connectivity index (χ4n) is 1.68. The molecule has 0 amide bonds. The molecule has 8 heteroatoms. The van der Waals surface area contributed by atoms with Crippen LogP contribution < -0.4 is 4.90 Å². The SMILES string of the molecule is OCCN(c1cc(C(F)(F)F)nc(Cl)n1)C1CC1. The van der Waals surface area contributed by atoms with Gasteiger partial charge in [0.15, 0.2) is 5.69 Å². The van der Waals surface area contributed by atoms with Crippen LogP contribution in [0, 0.1) is 0 Å². The van der Waals surface area contributed by atoms with Crippen molar-refractivity contribution in [3.05, 3.63) is 17.0 Å². The first-order chi connectivity index (χ1) is 8.41. The van der Waals surface area contributed by atoms with E-state index in [2.05, 4.69) is 9.97 Å². The lowest BCUT2D eigenvalue weighted by atomic mass is 10.3. The molecule has 100 valence electrons. The Kier molecular flexibility index (Phi) is 3.63. The van der Waals surface area contributed by atoms with Gasteiger partial charge in [-0.25, -0.2) is 9.97 Å². The lowest BCUT2D eigenvalue weighted by Crippen LogP contribution is -2.30. The van der Waals surface area contributed by atoms with Gasteiger partial charge in [-0.3, -0.25) is 0 Å². The van der Waals surface area contributed by atoms with E-state index in [4.69, 9.17) is 16.7 Å². The van der Waals surface area contributed by atoms with Crippen LogP contribution in [0.4, 0.5) is 19.0 Å². The Bertz CT molecular complexity index is 437. The average molecular weight is 282 g/mol. The topological polar surface area (TPSA) is 49.2 Å². The molecule has 1 aliphatic rings. The van der Waals surface area contributed by atoms with Gasteiger partial charge in [0, 0.05) is 18.7 Å². The largest absolute Gasteiger partial charge is 0.433 e. The summed E-state index contributed by atoms with van der Waals surface area (Å²) in [5.74, 6) is 0.110. The van der Waals surface area contributed by atoms with Gasteiger partial charge in [-0.1, -0.05) is 0 Å². The molecule has 0 spiro atoms. The molecule has 0 unspecified atom stereocenters. The van der Waals surface area contributed by atoms with Crippen LogP contribution in [0.15, 0.2) is 6.07 Å². The first-order valence-corrected chi connectivity index (χ1v) is 5.79. The number of hydrogen-bond donors (Lipinski definition) is 1. The van der Waals surface area contributed by atoms with Crippen molar-refractivity contribution in [1.29, 1.82) is 0 Å². The van der Waals surface area contributed by atoms with Crippen molar-refractivity contribution in [1.82, 2.24) is 9.97 Å². The zero-order chi connectivity index (χ0) is 13.3. The second-order valence-electron chi connectivity index (χ2n) is 4.03. The fraction of sp³-hybridized carbons (Fsp3) is 0.600. The highest BCUT2D eigenvalue weighted by Crippen LogP contribution is 2.34. The van der Waals surface area contributed by atoms with Crippen LogP contribution in [0.1, 0.15) is 18.5 Å². The van der Waals surface area contributed by atoms with Crippen molar-refractivity contribution in [2.45, 2.75) is 25.1 Å². The van der Waals surface area contributed by atoms with E-state index >= 15 is 0 Å². The molecule has 0 atom stereocenters. The summed E-state index contributed by atoms with van der Waals surface area (Å²) in [6.07, 6.45) is -2.80. The van der Waals surface area contributed by atoms with Gasteiger partial charge >= 0.3 is 6.18 Å². The van der Waals surface area contributed by atoms with Crippen molar-refractivity contribution in [3.8, 4) is 0 Å². The van der Waals surface area contributed by atoms with E-state index in [-0.39, 0.29) is 25.0 Å². The highest BCUT2D eigenvalue weighted by atomic mass is 35.5. The van der Waals surface area contributed by atoms with Crippen LogP contribution in [-0.4, -0.2) is 34.3 Å². The van der Waals surface area contributed by atoms with Crippen LogP contribution in [-0.2, 0) is 6.18 Å². The Morgan fingerprint density at radius 2 is 2.06 bits per heavy atom. The highest BCUT2D eigenvalue weighted by molar-refractivity contribution is 6.28. The number of aromatic nitrogens is 2. The molecule has 18 heavy (non-hydrogen) atoms. The van der Waals surface area contributed by atoms with Crippen LogP contribution in [0.25, 0.3) is 0 Å². The summed E-state index contributed by atoms with van der Waals surface area (Å²) in [4.78, 5) is 8.59. The molecule has 0 radical (unpaired) electrons. The first-order valence-electron chi connectivity index (χ1n) is 5.41. The van der Waals surface area contributed by atoms with Crippen molar-refractivity contribution < 1.29 is 18.3 Å². The summed E-state index contributed by atoms with van der Waals surface area (Å²) in [6.45, 7) is 0.0782. The Labute approximate surface area is 106 Å². The predicted octanol–water partition coefficient (Wildman–Crippen LogP) is 2.11. The van der Waals surface area contributed by atoms with E-state index in [0.717, 1.165) is 18.9 Å². The summed E-state index contributed by atoms with van der Waals surface area (Å²) in [6, 6.07) is 0.990. The zero-order valence-corrected chi connectivity index (χ0v) is 10.0. The van der Waals surface area contributed by atoms with E-state index in [1.165, 1.54) is 0 Å². The molecule has 0 aromatic carbocycles. The zero-order valence-electron chi connectivity index (χ0n) is 9.28. The standard InChI is InChI=1S/C10H11ClF3N3O/c11-9-15-7(10(12,13)14)5-8(16-9)17(3-4-18)6-1-2-6/h5-6,18H,1-4H2. The third-order valence-corrected chi connectivity index (χ3v) is 2.77. The molecule has 1 aliphatic carbocycles. The summed E-state index contributed by atoms with van der Waals surface area (Å²) in [7, 11) is 0. The smallest absolute Gasteiger partial charge is 0.395 e. The second kappa shape index (κ2) is 4.89. The average Bonchev–Trinajstić information content (AvgIpc) is 3.07. The van der Waals surface area contributed by atoms with E-state index in [1.54, 1.807) is 4.90 Å². The third-order valence-electron chi connectivity index (χ3n) is 2.60. The van der Waals surface area contributed by atoms with Crippen molar-refractivity contribution in [2.24, 2.45) is 0 Å². The fourth-order valence-corrected chi connectivity index (χ4v) is 1.85. The molecular weight excluding hydrogens is 271 g/mol. The van der Waals surface area contributed by atoms with Gasteiger partial charge in [-0.15, -0.1) is 0 Å². The first kappa shape index (κ1) is 13.4. The van der Waals surface area contributed by atoms with Gasteiger partial charge in [0.2, 0.25) is 5.28 Å². The minimum absolute atomic E-state index is 0.110. The quantitative estimate of drug-likeness (QED) is 0.859. The highest BCUT2D eigenvalue weighted by Gasteiger charge is 2.36. The number of anilines is 1. The van der Waals surface area contributed by atoms with Crippen LogP contribution in [0.5, 0.6) is 0 Å². The van der Waals surface area contributed by atoms with Gasteiger partial charge in [0.25, 0.3) is 0 Å². The van der Waals surface area contributed by atoms with Crippen LogP contribution in [0.2, 0.25) is 5.28 Å². The summed E-state index contributed by atoms with van der Waals surface area (Å²) < 4.78 is 37.8. The molecule has 1 heterocycles. The molecule has 1 N–H and O–H groups in total. The number of aliphatic hydroxyl groups excluding tert-OH is 1. The molecule has 1 fully saturated rings. The van der Waals surface area contributed by atoms with Crippen LogP contribution >= 0.6 is 11.6 Å². The molecule has 1 aromatic heterocycles. The van der Waals surface area contributed by atoms with E-state index in [9.17, 15) is 13.2 Å². The number of halogens is 4. The van der Waals surface area contributed by atoms with Crippen LogP contribution in [0.3, 0.4) is 0 Å². The summed E-state index contributed by atoms with van der Waals surface area (Å²) in [5, 5.41) is 8.49. The molecule has 0 aliphatic heterocycles. The Morgan fingerprint density at radius 1 is 1.39 bits per heavy atom. The minimum atomic E-state index is -4.56. The summed E-state index contributed by atoms with van der Waals surface area (Å²) in [5.41, 5.74) is -1.07. The molecule has 1 aromatic rings. The Balaban J connectivity index is 2.34. The number of alkyl halides is 3. The lowest BCUT2D eigenvalue weighted by Gasteiger charge is -2.23. The van der Waals surface area contributed by atoms with Gasteiger partial charge < -0.3 is 10.0 Å². The molecule has 4 nitrogen and oxygen atoms in total. The second-order valence-corrected chi connectivity index (χ2v) is 4.36. The maximum Gasteiger partial charge on any atom is 0.433 e. The molecule has 1 saturated carbocycles. The number of nitrogens with zero attached hydrogens (tertiary/aromatic N) is 3. The predicted molar refractivity (Wildman–Crippen MR) is 59.5 cm³/mol. The van der Waals surface area contributed by atoms with E-state index in [0.29, 0.717) is 0 Å². The number of rotatable bonds is 4. The van der Waals surface area contributed by atoms with Crippen molar-refractivity contribution >= 4 is 17.4 Å². The van der Waals surface area contributed by atoms with Gasteiger partial charge in [-0.05, 0) is 24.4 Å². The maximum atomic E-state index is 12.6. The van der Waals surface area contributed by atoms with Gasteiger partial charge in [0.1, 0.15) is 5.82 Å². The normalized spacial score (nSPS) is 15.8. The number of hydrogen-bond acceptors (Lipinski definition) is 4. The van der Waals surface area contributed by atoms with E-state index < -0.39 is 17.2 Å². The van der Waals surface area contributed by atoms with E-state index in [1.807, 2.05) is 0 Å².